The number of hydrogen-bond donors (Lipinski definition) is 1. The number of methoxy groups -OCH3 is 2. The normalized spacial score (nSPS) is 18.3. The third kappa shape index (κ3) is 9.45. The van der Waals surface area contributed by atoms with Crippen LogP contribution in [0.1, 0.15) is 31.9 Å². The molecule has 30 heavy (non-hydrogen) atoms. The molecule has 1 N–H and O–H groups in total. The summed E-state index contributed by atoms with van der Waals surface area (Å²) in [5.74, 6) is -0.721. The molecule has 1 fully saturated rings. The second-order valence-electron chi connectivity index (χ2n) is 5.79. The Morgan fingerprint density at radius 1 is 1.03 bits per heavy atom. The number of nitrogens with one attached hydrogen (secondary N) is 1. The zero-order chi connectivity index (χ0) is 23.0. The van der Waals surface area contributed by atoms with Gasteiger partial charge in [0.05, 0.1) is 26.2 Å². The van der Waals surface area contributed by atoms with Crippen LogP contribution >= 0.6 is 0 Å². The minimum atomic E-state index is -0.722. The van der Waals surface area contributed by atoms with Crippen LogP contribution in [0.5, 0.6) is 5.75 Å². The van der Waals surface area contributed by atoms with Crippen molar-refractivity contribution in [2.45, 2.75) is 38.5 Å². The zero-order valence-corrected chi connectivity index (χ0v) is 18.3. The van der Waals surface area contributed by atoms with Crippen LogP contribution in [0.15, 0.2) is 24.3 Å². The first-order chi connectivity index (χ1) is 14.0. The van der Waals surface area contributed by atoms with E-state index < -0.39 is 23.9 Å². The average Bonchev–Trinajstić information content (AvgIpc) is 3.22. The molecule has 0 aliphatic carbocycles. The van der Waals surface area contributed by atoms with Crippen LogP contribution in [0.25, 0.3) is 0 Å². The van der Waals surface area contributed by atoms with Crippen molar-refractivity contribution in [2.75, 3.05) is 14.2 Å². The molecule has 1 heterocycles. The Hall–Kier alpha value is -2.33. The van der Waals surface area contributed by atoms with Crippen LogP contribution in [-0.2, 0) is 50.4 Å². The fourth-order valence-corrected chi connectivity index (χ4v) is 2.88. The van der Waals surface area contributed by atoms with Gasteiger partial charge in [-0.3, -0.25) is 14.9 Å². The number of ether oxygens (including phenoxy) is 3. The second-order valence-corrected chi connectivity index (χ2v) is 5.79. The smallest absolute Gasteiger partial charge is 0 e. The minimum Gasteiger partial charge on any atom is 0 e. The quantitative estimate of drug-likeness (QED) is 0.407. The summed E-state index contributed by atoms with van der Waals surface area (Å²) in [5, 5.41) is 3.20. The largest absolute Gasteiger partial charge is 0 e. The van der Waals surface area contributed by atoms with E-state index in [-0.39, 0.29) is 29.5 Å². The van der Waals surface area contributed by atoms with E-state index >= 15 is 0 Å². The fourth-order valence-electron chi connectivity index (χ4n) is 2.88. The van der Waals surface area contributed by atoms with E-state index in [0.29, 0.717) is 12.2 Å². The van der Waals surface area contributed by atoms with Gasteiger partial charge in [0, 0.05) is 29.0 Å². The Bertz CT molecular complexity index is 687. The first kappa shape index (κ1) is 32.3. The molecule has 0 spiro atoms. The van der Waals surface area contributed by atoms with Gasteiger partial charge in [0.2, 0.25) is 0 Å². The van der Waals surface area contributed by atoms with E-state index in [1.54, 1.807) is 21.0 Å². The van der Waals surface area contributed by atoms with Gasteiger partial charge < -0.3 is 14.2 Å². The number of rotatable bonds is 5. The fraction of sp³-hybridized carbons (Fsp3) is 0.450. The zero-order valence-electron chi connectivity index (χ0n) is 17.0. The Morgan fingerprint density at radius 3 is 2.03 bits per heavy atom. The van der Waals surface area contributed by atoms with Gasteiger partial charge in [-0.05, 0) is 26.3 Å². The van der Waals surface area contributed by atoms with Gasteiger partial charge in [-0.25, -0.2) is 0 Å². The molecule has 10 heteroatoms. The number of carbonyl (C=O) groups is 2. The first-order valence-corrected chi connectivity index (χ1v) is 8.26. The molecule has 9 nitrogen and oxygen atoms in total. The maximum Gasteiger partial charge on any atom is 0 e. The Balaban J connectivity index is -0.000000955. The number of hydrogen-bond acceptors (Lipinski definition) is 6. The summed E-state index contributed by atoms with van der Waals surface area (Å²) in [6.45, 7) is 17.1. The summed E-state index contributed by atoms with van der Waals surface area (Å²) in [7, 11) is 2.92. The summed E-state index contributed by atoms with van der Waals surface area (Å²) < 4.78 is 38.0. The molecule has 1 aromatic rings. The Labute approximate surface area is 186 Å². The molecule has 2 rings (SSSR count). The molecular weight excluding hydrogens is 434 g/mol. The SMILES string of the molecule is COC(=O)[C@H]1C[C@@H](c2ccccc2OC)N[C@H]1C(=O)OC(C)C.[C-]#[O+].[C-]#[O+].[C-]#[O+].[Cr]. The Kier molecular flexibility index (Phi) is 20.1. The summed E-state index contributed by atoms with van der Waals surface area (Å²) in [6, 6.07) is 6.64. The molecule has 1 aliphatic rings. The van der Waals surface area contributed by atoms with Crippen molar-refractivity contribution < 1.29 is 55.1 Å². The standard InChI is InChI=1S/C17H23NO5.3CO.Cr/c1-10(2)23-17(20)15-12(16(19)22-4)9-13(18-15)11-7-5-6-8-14(11)21-3;3*1-2;/h5-8,10,12-13,15,18H,9H2,1-4H3;;;;/t12-,13-,15+;;;;/m0..../s1. The van der Waals surface area contributed by atoms with Crippen molar-refractivity contribution in [3.8, 4) is 5.75 Å². The average molecular weight is 457 g/mol. The number of benzene rings is 1. The van der Waals surface area contributed by atoms with Gasteiger partial charge >= 0.3 is 45.8 Å². The number of para-hydroxylation sites is 1. The van der Waals surface area contributed by atoms with Crippen LogP contribution in [0.4, 0.5) is 0 Å². The van der Waals surface area contributed by atoms with E-state index in [9.17, 15) is 9.59 Å². The molecule has 0 aromatic heterocycles. The minimum absolute atomic E-state index is 0. The van der Waals surface area contributed by atoms with E-state index in [1.165, 1.54) is 7.11 Å². The third-order valence-electron chi connectivity index (χ3n) is 3.90. The van der Waals surface area contributed by atoms with Gasteiger partial charge in [-0.2, -0.15) is 0 Å². The van der Waals surface area contributed by atoms with Crippen molar-refractivity contribution in [1.82, 2.24) is 5.32 Å². The number of carbonyl (C=O) groups excluding carboxylic acids is 2. The molecule has 3 atom stereocenters. The predicted octanol–water partition coefficient (Wildman–Crippen LogP) is 1.72. The van der Waals surface area contributed by atoms with Crippen molar-refractivity contribution in [2.24, 2.45) is 5.92 Å². The van der Waals surface area contributed by atoms with Crippen LogP contribution in [0, 0.1) is 25.9 Å². The molecular formula is C20H23CrNO8. The summed E-state index contributed by atoms with van der Waals surface area (Å²) in [5.41, 5.74) is 0.906. The predicted molar refractivity (Wildman–Crippen MR) is 95.8 cm³/mol. The summed E-state index contributed by atoms with van der Waals surface area (Å²) in [6.07, 6.45) is 0.207. The van der Waals surface area contributed by atoms with Gasteiger partial charge in [-0.15, -0.1) is 0 Å². The van der Waals surface area contributed by atoms with Gasteiger partial charge in [-0.1, -0.05) is 18.2 Å². The molecule has 1 saturated heterocycles. The van der Waals surface area contributed by atoms with Crippen LogP contribution in [0.3, 0.4) is 0 Å². The molecule has 0 radical (unpaired) electrons. The molecule has 0 unspecified atom stereocenters. The summed E-state index contributed by atoms with van der Waals surface area (Å²) in [4.78, 5) is 24.3. The van der Waals surface area contributed by atoms with E-state index in [1.807, 2.05) is 24.3 Å². The topological polar surface area (TPSA) is 134 Å². The molecule has 1 aromatic carbocycles. The van der Waals surface area contributed by atoms with Crippen molar-refractivity contribution in [3.63, 3.8) is 0 Å². The molecule has 0 bridgehead atoms. The first-order valence-electron chi connectivity index (χ1n) is 8.26. The molecule has 162 valence electrons. The van der Waals surface area contributed by atoms with E-state index in [2.05, 4.69) is 25.3 Å². The molecule has 0 amide bonds. The van der Waals surface area contributed by atoms with Crippen LogP contribution in [0.2, 0.25) is 0 Å². The molecule has 1 aliphatic heterocycles. The van der Waals surface area contributed by atoms with Crippen LogP contribution in [-0.4, -0.2) is 38.3 Å². The van der Waals surface area contributed by atoms with Crippen LogP contribution < -0.4 is 10.1 Å². The maximum absolute atomic E-state index is 12.3. The van der Waals surface area contributed by atoms with Crippen molar-refractivity contribution in [3.05, 3.63) is 49.8 Å². The second kappa shape index (κ2) is 18.7. The van der Waals surface area contributed by atoms with Gasteiger partial charge in [0.25, 0.3) is 0 Å². The van der Waals surface area contributed by atoms with Gasteiger partial charge in [0.1, 0.15) is 11.8 Å². The van der Waals surface area contributed by atoms with E-state index in [0.717, 1.165) is 5.56 Å². The third-order valence-corrected chi connectivity index (χ3v) is 3.90. The van der Waals surface area contributed by atoms with Crippen molar-refractivity contribution >= 4 is 11.9 Å². The van der Waals surface area contributed by atoms with Gasteiger partial charge in [0.15, 0.2) is 0 Å². The number of esters is 2. The van der Waals surface area contributed by atoms with Crippen molar-refractivity contribution in [1.29, 1.82) is 0 Å². The Morgan fingerprint density at radius 2 is 1.57 bits per heavy atom. The molecule has 0 saturated carbocycles. The maximum atomic E-state index is 12.3. The van der Waals surface area contributed by atoms with E-state index in [4.69, 9.17) is 28.2 Å². The summed E-state index contributed by atoms with van der Waals surface area (Å²) >= 11 is 0. The monoisotopic (exact) mass is 457 g/mol.